The van der Waals surface area contributed by atoms with Crippen molar-refractivity contribution in [1.82, 2.24) is 0 Å². The Bertz CT molecular complexity index is 3160. The smallest absolute Gasteiger partial charge is 0.143 e. The van der Waals surface area contributed by atoms with E-state index in [1.165, 1.54) is 143 Å². The molecule has 0 unspecified atom stereocenters. The lowest BCUT2D eigenvalue weighted by Crippen LogP contribution is -2.13. The first-order chi connectivity index (χ1) is 38.9. The molecule has 2 nitrogen and oxygen atoms in total. The maximum atomic E-state index is 6.93. The highest BCUT2D eigenvalue weighted by Gasteiger charge is 2.28. The highest BCUT2D eigenvalue weighted by molar-refractivity contribution is 6.24. The zero-order valence-electron chi connectivity index (χ0n) is 48.5. The molecule has 0 bridgehead atoms. The highest BCUT2D eigenvalue weighted by Crippen LogP contribution is 2.50. The molecule has 79 heavy (non-hydrogen) atoms. The summed E-state index contributed by atoms with van der Waals surface area (Å²) in [7, 11) is 0. The largest absolute Gasteiger partial charge is 0.455 e. The molecule has 12 rings (SSSR count). The van der Waals surface area contributed by atoms with Crippen LogP contribution in [0, 0.1) is 24.7 Å². The summed E-state index contributed by atoms with van der Waals surface area (Å²) in [6.45, 7) is 14.6. The number of rotatable bonds is 14. The molecule has 0 spiro atoms. The molecule has 9 aromatic rings. The third-order valence-corrected chi connectivity index (χ3v) is 18.4. The Morgan fingerprint density at radius 1 is 0.405 bits per heavy atom. The molecule has 0 saturated heterocycles. The fourth-order valence-corrected chi connectivity index (χ4v) is 14.1. The number of fused-ring (bicyclic) bond motifs is 5. The van der Waals surface area contributed by atoms with Gasteiger partial charge in [0.15, 0.2) is 0 Å². The van der Waals surface area contributed by atoms with Gasteiger partial charge in [-0.2, -0.15) is 0 Å². The van der Waals surface area contributed by atoms with Crippen LogP contribution in [0.1, 0.15) is 183 Å². The standard InChI is InChI=1S/C56H56O2.C16H24.C5H8/c1-3-11-37-17-21-39(22-18-37)41-25-29-45(30-26-41)55-51(43-13-7-5-8-14-43)53-47-34-36-50-54(48(47)33-35-49(53)57-55)52(44-15-9-6-10-16-44)56(58-50)46-31-27-42(28-32-46)40-23-19-38(12-4-2)20-24-40;1-3-4-14-7-11-16(12-8-14)15-9-5-13(2)6-10-15;1-3-5-4-2/h5-10,13-16,25-40H,3-4,11-12,17-24H2,1-2H3;5-6,9-10,14,16H,3-4,7-8,11-12H2,1-2H3;3-5H,1H2,2H3/b;;5-4-. The van der Waals surface area contributed by atoms with Crippen molar-refractivity contribution < 1.29 is 8.83 Å². The average Bonchev–Trinajstić information content (AvgIpc) is 4.01. The number of hydrogen-bond acceptors (Lipinski definition) is 2. The summed E-state index contributed by atoms with van der Waals surface area (Å²) in [6, 6.07) is 58.4. The van der Waals surface area contributed by atoms with Gasteiger partial charge >= 0.3 is 0 Å². The summed E-state index contributed by atoms with van der Waals surface area (Å²) in [5, 5.41) is 4.66. The zero-order chi connectivity index (χ0) is 54.5. The first-order valence-corrected chi connectivity index (χ1v) is 30.9. The Morgan fingerprint density at radius 3 is 1.05 bits per heavy atom. The van der Waals surface area contributed by atoms with Crippen LogP contribution in [0.5, 0.6) is 0 Å². The second kappa shape index (κ2) is 27.0. The molecule has 2 aromatic heterocycles. The van der Waals surface area contributed by atoms with E-state index in [9.17, 15) is 0 Å². The number of hydrogen-bond donors (Lipinski definition) is 0. The molecular weight excluding hydrogens is 957 g/mol. The Labute approximate surface area is 474 Å². The Morgan fingerprint density at radius 2 is 0.747 bits per heavy atom. The van der Waals surface area contributed by atoms with Gasteiger partial charge in [0.1, 0.15) is 22.7 Å². The minimum Gasteiger partial charge on any atom is -0.455 e. The summed E-state index contributed by atoms with van der Waals surface area (Å²) in [6.07, 6.45) is 30.1. The lowest BCUT2D eigenvalue weighted by Gasteiger charge is -2.28. The van der Waals surface area contributed by atoms with Gasteiger partial charge in [0, 0.05) is 33.0 Å². The van der Waals surface area contributed by atoms with E-state index in [0.29, 0.717) is 11.8 Å². The number of benzene rings is 7. The topological polar surface area (TPSA) is 26.3 Å². The van der Waals surface area contributed by atoms with Crippen LogP contribution in [0.3, 0.4) is 0 Å². The highest BCUT2D eigenvalue weighted by atomic mass is 16.3. The fraction of sp³-hybridized carbons (Fsp3) is 0.377. The Hall–Kier alpha value is -6.64. The molecule has 3 aliphatic rings. The molecule has 0 atom stereocenters. The van der Waals surface area contributed by atoms with E-state index in [4.69, 9.17) is 8.83 Å². The summed E-state index contributed by atoms with van der Waals surface area (Å²) in [4.78, 5) is 0. The molecule has 3 saturated carbocycles. The third-order valence-electron chi connectivity index (χ3n) is 18.4. The van der Waals surface area contributed by atoms with Gasteiger partial charge in [0.25, 0.3) is 0 Å². The van der Waals surface area contributed by atoms with Gasteiger partial charge in [-0.05, 0) is 189 Å². The van der Waals surface area contributed by atoms with E-state index in [1.54, 1.807) is 11.6 Å². The van der Waals surface area contributed by atoms with Crippen LogP contribution < -0.4 is 0 Å². The van der Waals surface area contributed by atoms with Gasteiger partial charge in [0.05, 0.1) is 0 Å². The van der Waals surface area contributed by atoms with Crippen molar-refractivity contribution in [3.8, 4) is 44.9 Å². The van der Waals surface area contributed by atoms with Crippen LogP contribution in [-0.2, 0) is 0 Å². The molecule has 0 radical (unpaired) electrons. The van der Waals surface area contributed by atoms with E-state index < -0.39 is 0 Å². The zero-order valence-corrected chi connectivity index (χ0v) is 48.5. The number of furan rings is 2. The molecule has 3 aliphatic carbocycles. The maximum Gasteiger partial charge on any atom is 0.143 e. The summed E-state index contributed by atoms with van der Waals surface area (Å²) >= 11 is 0. The molecule has 3 fully saturated rings. The van der Waals surface area contributed by atoms with Gasteiger partial charge in [-0.15, -0.1) is 0 Å². The molecular formula is C77H88O2. The van der Waals surface area contributed by atoms with Gasteiger partial charge in [0.2, 0.25) is 0 Å². The summed E-state index contributed by atoms with van der Waals surface area (Å²) in [5.74, 6) is 6.86. The first kappa shape index (κ1) is 55.7. The van der Waals surface area contributed by atoms with E-state index in [-0.39, 0.29) is 0 Å². The molecule has 2 heteroatoms. The molecule has 408 valence electrons. The average molecular weight is 1050 g/mol. The van der Waals surface area contributed by atoms with Crippen LogP contribution in [0.4, 0.5) is 0 Å². The fourth-order valence-electron chi connectivity index (χ4n) is 14.1. The van der Waals surface area contributed by atoms with E-state index in [1.807, 2.05) is 19.1 Å². The van der Waals surface area contributed by atoms with E-state index >= 15 is 0 Å². The van der Waals surface area contributed by atoms with Crippen LogP contribution in [0.2, 0.25) is 0 Å². The van der Waals surface area contributed by atoms with Gasteiger partial charge in [-0.3, -0.25) is 0 Å². The number of aryl methyl sites for hydroxylation is 1. The minimum atomic E-state index is 0.657. The lowest BCUT2D eigenvalue weighted by atomic mass is 9.77. The molecule has 0 amide bonds. The van der Waals surface area contributed by atoms with Crippen LogP contribution >= 0.6 is 0 Å². The normalized spacial score (nSPS) is 20.4. The third kappa shape index (κ3) is 13.0. The van der Waals surface area contributed by atoms with Crippen LogP contribution in [-0.4, -0.2) is 0 Å². The predicted molar refractivity (Wildman–Crippen MR) is 340 cm³/mol. The SMILES string of the molecule is C=C/C=C\C.CCCC1CCC(c2ccc(-c3oc4ccc5c(ccc6oc(-c7ccc(C8CCC(CCC)CC8)cc7)c(-c7ccccc7)c65)c4c3-c3ccccc3)cc2)CC1.CCCC1CCC(c2ccc(C)cc2)CC1. The molecule has 7 aromatic carbocycles. The molecule has 0 aliphatic heterocycles. The quantitative estimate of drug-likeness (QED) is 0.101. The van der Waals surface area contributed by atoms with Crippen molar-refractivity contribution in [2.45, 2.75) is 168 Å². The van der Waals surface area contributed by atoms with Gasteiger partial charge in [-0.1, -0.05) is 223 Å². The van der Waals surface area contributed by atoms with Crippen LogP contribution in [0.25, 0.3) is 77.6 Å². The maximum absolute atomic E-state index is 6.93. The number of allylic oxidation sites excluding steroid dienone is 3. The van der Waals surface area contributed by atoms with E-state index in [0.717, 1.165) is 90.5 Å². The van der Waals surface area contributed by atoms with Crippen molar-refractivity contribution >= 4 is 32.7 Å². The Kier molecular flexibility index (Phi) is 19.0. The second-order valence-corrected chi connectivity index (χ2v) is 23.8. The van der Waals surface area contributed by atoms with Crippen molar-refractivity contribution in [1.29, 1.82) is 0 Å². The van der Waals surface area contributed by atoms with Crippen LogP contribution in [0.15, 0.2) is 191 Å². The van der Waals surface area contributed by atoms with Crippen molar-refractivity contribution in [2.75, 3.05) is 0 Å². The van der Waals surface area contributed by atoms with Crippen molar-refractivity contribution in [2.24, 2.45) is 17.8 Å². The predicted octanol–water partition coefficient (Wildman–Crippen LogP) is 24.0. The summed E-state index contributed by atoms with van der Waals surface area (Å²) in [5.41, 5.74) is 14.6. The van der Waals surface area contributed by atoms with Gasteiger partial charge in [-0.25, -0.2) is 0 Å². The Balaban J connectivity index is 0.000000281. The van der Waals surface area contributed by atoms with Gasteiger partial charge < -0.3 is 8.83 Å². The monoisotopic (exact) mass is 1040 g/mol. The molecule has 2 heterocycles. The summed E-state index contributed by atoms with van der Waals surface area (Å²) < 4.78 is 13.9. The molecule has 0 N–H and O–H groups in total. The first-order valence-electron chi connectivity index (χ1n) is 30.9. The van der Waals surface area contributed by atoms with E-state index in [2.05, 4.69) is 192 Å². The second-order valence-electron chi connectivity index (χ2n) is 23.8. The minimum absolute atomic E-state index is 0.657. The lowest BCUT2D eigenvalue weighted by molar-refractivity contribution is 0.308. The van der Waals surface area contributed by atoms with Crippen molar-refractivity contribution in [3.63, 3.8) is 0 Å². The van der Waals surface area contributed by atoms with Crippen molar-refractivity contribution in [3.05, 3.63) is 205 Å².